The Morgan fingerprint density at radius 1 is 1.69 bits per heavy atom. The second-order valence-electron chi connectivity index (χ2n) is 2.20. The van der Waals surface area contributed by atoms with E-state index in [2.05, 4.69) is 20.9 Å². The molecule has 0 saturated heterocycles. The molecule has 13 heavy (non-hydrogen) atoms. The topological polar surface area (TPSA) is 79.8 Å². The fourth-order valence-corrected chi connectivity index (χ4v) is 1.14. The Bertz CT molecular complexity index is 386. The average Bonchev–Trinajstić information content (AvgIpc) is 2.08. The summed E-state index contributed by atoms with van der Waals surface area (Å²) in [6.45, 7) is 0. The van der Waals surface area contributed by atoms with Crippen molar-refractivity contribution in [1.82, 2.24) is 4.98 Å². The van der Waals surface area contributed by atoms with Gasteiger partial charge in [-0.1, -0.05) is 0 Å². The summed E-state index contributed by atoms with van der Waals surface area (Å²) in [6.07, 6.45) is 0.0775. The van der Waals surface area contributed by atoms with Crippen LogP contribution in [0.15, 0.2) is 16.6 Å². The maximum absolute atomic E-state index is 10.4. The van der Waals surface area contributed by atoms with Crippen LogP contribution in [0.4, 0.5) is 5.82 Å². The fourth-order valence-electron chi connectivity index (χ4n) is 0.778. The van der Waals surface area contributed by atoms with Crippen LogP contribution >= 0.6 is 15.9 Å². The highest BCUT2D eigenvalue weighted by atomic mass is 79.9. The first-order valence-corrected chi connectivity index (χ1v) is 4.11. The Kier molecular flexibility index (Phi) is 2.93. The third kappa shape index (κ3) is 2.23. The number of nitrogens with zero attached hydrogens (tertiary/aromatic N) is 3. The van der Waals surface area contributed by atoms with E-state index in [0.29, 0.717) is 10.2 Å². The summed E-state index contributed by atoms with van der Waals surface area (Å²) in [7, 11) is 0. The lowest BCUT2D eigenvalue weighted by atomic mass is 10.3. The predicted molar refractivity (Wildman–Crippen MR) is 47.9 cm³/mol. The van der Waals surface area contributed by atoms with Crippen LogP contribution < -0.4 is 0 Å². The van der Waals surface area contributed by atoms with Crippen molar-refractivity contribution in [2.45, 2.75) is 6.42 Å². The Hall–Kier alpha value is -1.48. The van der Waals surface area contributed by atoms with E-state index in [-0.39, 0.29) is 12.2 Å². The maximum Gasteiger partial charge on any atom is 0.378 e. The maximum atomic E-state index is 10.4. The summed E-state index contributed by atoms with van der Waals surface area (Å²) in [6, 6.07) is 4.95. The fraction of sp³-hybridized carbons (Fsp3) is 0.143. The number of pyridine rings is 1. The number of nitro groups is 1. The molecule has 0 spiro atoms. The van der Waals surface area contributed by atoms with Gasteiger partial charge in [0.05, 0.1) is 6.07 Å². The van der Waals surface area contributed by atoms with Crippen LogP contribution in [0.25, 0.3) is 0 Å². The van der Waals surface area contributed by atoms with Gasteiger partial charge in [0.15, 0.2) is 5.69 Å². The molecule has 1 rings (SSSR count). The monoisotopic (exact) mass is 241 g/mol. The van der Waals surface area contributed by atoms with E-state index < -0.39 is 4.92 Å². The number of hydrogen-bond donors (Lipinski definition) is 0. The molecule has 1 aromatic rings. The normalized spacial score (nSPS) is 9.23. The number of hydrogen-bond acceptors (Lipinski definition) is 4. The summed E-state index contributed by atoms with van der Waals surface area (Å²) in [5.41, 5.74) is 0.400. The van der Waals surface area contributed by atoms with E-state index in [4.69, 9.17) is 5.26 Å². The van der Waals surface area contributed by atoms with Crippen LogP contribution in [-0.2, 0) is 6.42 Å². The van der Waals surface area contributed by atoms with Gasteiger partial charge in [0.1, 0.15) is 10.9 Å². The minimum absolute atomic E-state index is 0.0775. The largest absolute Gasteiger partial charge is 0.378 e. The average molecular weight is 242 g/mol. The summed E-state index contributed by atoms with van der Waals surface area (Å²) in [5, 5.41) is 18.8. The summed E-state index contributed by atoms with van der Waals surface area (Å²) in [4.78, 5) is 13.5. The molecule has 1 heterocycles. The second kappa shape index (κ2) is 3.96. The Morgan fingerprint density at radius 3 is 2.92 bits per heavy atom. The molecule has 1 aromatic heterocycles. The van der Waals surface area contributed by atoms with Gasteiger partial charge in [-0.2, -0.15) is 5.26 Å². The molecule has 0 unspecified atom stereocenters. The summed E-state index contributed by atoms with van der Waals surface area (Å²) < 4.78 is 0.319. The van der Waals surface area contributed by atoms with E-state index >= 15 is 0 Å². The van der Waals surface area contributed by atoms with E-state index in [0.717, 1.165) is 0 Å². The molecule has 0 aliphatic rings. The van der Waals surface area contributed by atoms with Gasteiger partial charge in [0.2, 0.25) is 0 Å². The zero-order chi connectivity index (χ0) is 9.84. The van der Waals surface area contributed by atoms with Crippen LogP contribution in [0.1, 0.15) is 5.69 Å². The molecular weight excluding hydrogens is 238 g/mol. The Labute approximate surface area is 82.3 Å². The first kappa shape index (κ1) is 9.61. The molecule has 5 nitrogen and oxygen atoms in total. The van der Waals surface area contributed by atoms with Gasteiger partial charge in [-0.25, -0.2) is 0 Å². The lowest BCUT2D eigenvalue weighted by Gasteiger charge is -1.95. The molecular formula is C7H4BrN3O2. The third-order valence-corrected chi connectivity index (χ3v) is 1.94. The van der Waals surface area contributed by atoms with Crippen LogP contribution in [-0.4, -0.2) is 9.91 Å². The molecule has 0 aliphatic heterocycles. The number of halogens is 1. The second-order valence-corrected chi connectivity index (χ2v) is 3.05. The van der Waals surface area contributed by atoms with E-state index in [9.17, 15) is 10.1 Å². The van der Waals surface area contributed by atoms with Crippen molar-refractivity contribution < 1.29 is 4.92 Å². The standard InChI is InChI=1S/C7H4BrN3O2/c8-6-2-1-5(3-4-9)10-7(6)11(12)13/h1-2H,3H2. The van der Waals surface area contributed by atoms with Crippen molar-refractivity contribution >= 4 is 21.7 Å². The van der Waals surface area contributed by atoms with Gasteiger partial charge in [0.25, 0.3) is 0 Å². The quantitative estimate of drug-likeness (QED) is 0.585. The van der Waals surface area contributed by atoms with Crippen molar-refractivity contribution in [2.24, 2.45) is 0 Å². The lowest BCUT2D eigenvalue weighted by molar-refractivity contribution is -0.390. The molecule has 0 radical (unpaired) electrons. The lowest BCUT2D eigenvalue weighted by Crippen LogP contribution is -1.96. The van der Waals surface area contributed by atoms with Crippen molar-refractivity contribution in [3.8, 4) is 6.07 Å². The van der Waals surface area contributed by atoms with Gasteiger partial charge in [-0.05, 0) is 38.0 Å². The van der Waals surface area contributed by atoms with Gasteiger partial charge in [-0.15, -0.1) is 0 Å². The van der Waals surface area contributed by atoms with E-state index in [1.165, 1.54) is 6.07 Å². The van der Waals surface area contributed by atoms with Gasteiger partial charge >= 0.3 is 5.82 Å². The van der Waals surface area contributed by atoms with Gasteiger partial charge in [0, 0.05) is 0 Å². The van der Waals surface area contributed by atoms with Gasteiger partial charge < -0.3 is 10.1 Å². The first-order valence-electron chi connectivity index (χ1n) is 3.32. The zero-order valence-electron chi connectivity index (χ0n) is 6.40. The van der Waals surface area contributed by atoms with Crippen molar-refractivity contribution in [1.29, 1.82) is 5.26 Å². The molecule has 0 atom stereocenters. The highest BCUT2D eigenvalue weighted by Gasteiger charge is 2.14. The van der Waals surface area contributed by atoms with Gasteiger partial charge in [-0.3, -0.25) is 0 Å². The van der Waals surface area contributed by atoms with Crippen LogP contribution in [0.5, 0.6) is 0 Å². The van der Waals surface area contributed by atoms with Crippen molar-refractivity contribution in [2.75, 3.05) is 0 Å². The predicted octanol–water partition coefficient (Wildman–Crippen LogP) is 1.82. The zero-order valence-corrected chi connectivity index (χ0v) is 7.98. The Morgan fingerprint density at radius 2 is 2.38 bits per heavy atom. The summed E-state index contributed by atoms with van der Waals surface area (Å²) in [5.74, 6) is -0.257. The molecule has 66 valence electrons. The number of aromatic nitrogens is 1. The van der Waals surface area contributed by atoms with E-state index in [1.54, 1.807) is 6.07 Å². The molecule has 0 aliphatic carbocycles. The Balaban J connectivity index is 3.13. The minimum Gasteiger partial charge on any atom is -0.358 e. The van der Waals surface area contributed by atoms with Crippen molar-refractivity contribution in [3.05, 3.63) is 32.4 Å². The van der Waals surface area contributed by atoms with Crippen LogP contribution in [0, 0.1) is 21.4 Å². The highest BCUT2D eigenvalue weighted by molar-refractivity contribution is 9.10. The van der Waals surface area contributed by atoms with E-state index in [1.807, 2.05) is 6.07 Å². The minimum atomic E-state index is -0.592. The molecule has 0 fully saturated rings. The smallest absolute Gasteiger partial charge is 0.358 e. The SMILES string of the molecule is N#CCc1ccc(Br)c([N+](=O)[O-])n1. The number of nitriles is 1. The first-order chi connectivity index (χ1) is 6.15. The third-order valence-electron chi connectivity index (χ3n) is 1.32. The summed E-state index contributed by atoms with van der Waals surface area (Å²) >= 11 is 3.00. The molecule has 0 amide bonds. The number of rotatable bonds is 2. The molecule has 0 bridgehead atoms. The highest BCUT2D eigenvalue weighted by Crippen LogP contribution is 2.21. The molecule has 0 aromatic carbocycles. The molecule has 6 heteroatoms. The van der Waals surface area contributed by atoms with Crippen molar-refractivity contribution in [3.63, 3.8) is 0 Å². The van der Waals surface area contributed by atoms with Crippen LogP contribution in [0.2, 0.25) is 0 Å². The molecule has 0 saturated carbocycles. The van der Waals surface area contributed by atoms with Crippen LogP contribution in [0.3, 0.4) is 0 Å². The molecule has 0 N–H and O–H groups in total.